The first-order valence-corrected chi connectivity index (χ1v) is 13.6. The summed E-state index contributed by atoms with van der Waals surface area (Å²) >= 11 is 0. The minimum Gasteiger partial charge on any atom is -0.680 e. The molecule has 0 amide bonds. The fraction of sp³-hybridized carbons (Fsp3) is 0.312. The average molecular weight is 737 g/mol. The Morgan fingerprint density at radius 1 is 0.951 bits per heavy atom. The minimum absolute atomic E-state index is 0. The number of aliphatic hydroxyl groups excluding tert-OH is 1. The van der Waals surface area contributed by atoms with Gasteiger partial charge in [0, 0.05) is 18.5 Å². The van der Waals surface area contributed by atoms with Crippen LogP contribution in [-0.4, -0.2) is 34.6 Å². The molecule has 0 radical (unpaired) electrons. The van der Waals surface area contributed by atoms with E-state index in [1.165, 1.54) is 14.1 Å². The van der Waals surface area contributed by atoms with Crippen molar-refractivity contribution in [2.45, 2.75) is 52.8 Å². The Labute approximate surface area is 259 Å². The summed E-state index contributed by atoms with van der Waals surface area (Å²) < 4.78 is 2.16. The fourth-order valence-electron chi connectivity index (χ4n) is 4.34. The van der Waals surface area contributed by atoms with Gasteiger partial charge in [-0.1, -0.05) is 104 Å². The van der Waals surface area contributed by atoms with E-state index in [4.69, 9.17) is 16.5 Å². The van der Waals surface area contributed by atoms with Crippen LogP contribution in [0.3, 0.4) is 0 Å². The third-order valence-corrected chi connectivity index (χ3v) is 6.34. The standard InChI is InChI=1S/C30H34N5O.CH5N.CH4N.Pt/c1-3-4-14-29-33-22(2)28(21-36)35(29)20-24-15-17-25(18-16-24)26-12-8-9-13-27(26)30(31)34-32-19-23-10-6-5-7-11-23;2*1-2;/h5-13,15-18,36H,3-4,14,19-21H2,1-2H3,(H2,31,34);2H2,1H3;2H,1H3;/q-1;;-1;+2. The van der Waals surface area contributed by atoms with Crippen LogP contribution in [0.4, 0.5) is 0 Å². The van der Waals surface area contributed by atoms with Gasteiger partial charge in [0.2, 0.25) is 0 Å². The molecule has 8 nitrogen and oxygen atoms in total. The van der Waals surface area contributed by atoms with Gasteiger partial charge in [-0.15, -0.1) is 0 Å². The molecule has 0 bridgehead atoms. The van der Waals surface area contributed by atoms with E-state index in [9.17, 15) is 5.11 Å². The number of nitrogens with two attached hydrogens (primary N) is 2. The zero-order chi connectivity index (χ0) is 29.3. The van der Waals surface area contributed by atoms with E-state index in [1.807, 2.05) is 55.5 Å². The molecule has 222 valence electrons. The van der Waals surface area contributed by atoms with Crippen LogP contribution in [0.5, 0.6) is 0 Å². The van der Waals surface area contributed by atoms with Crippen LogP contribution in [0.2, 0.25) is 0 Å². The molecule has 0 unspecified atom stereocenters. The van der Waals surface area contributed by atoms with Gasteiger partial charge in [-0.3, -0.25) is 0 Å². The van der Waals surface area contributed by atoms with Crippen molar-refractivity contribution < 1.29 is 26.2 Å². The van der Waals surface area contributed by atoms with E-state index in [2.05, 4.69) is 58.1 Å². The first-order chi connectivity index (χ1) is 19.6. The molecule has 9 heteroatoms. The Hall–Kier alpha value is -3.29. The Bertz CT molecular complexity index is 1310. The Morgan fingerprint density at radius 2 is 1.59 bits per heavy atom. The van der Waals surface area contributed by atoms with Gasteiger partial charge in [0.1, 0.15) is 11.7 Å². The molecule has 6 N–H and O–H groups in total. The summed E-state index contributed by atoms with van der Waals surface area (Å²) in [6, 6.07) is 26.5. The number of imidazole rings is 1. The van der Waals surface area contributed by atoms with Crippen molar-refractivity contribution in [3.05, 3.63) is 124 Å². The molecular weight excluding hydrogens is 693 g/mol. The van der Waals surface area contributed by atoms with Gasteiger partial charge in [-0.2, -0.15) is 7.05 Å². The predicted octanol–water partition coefficient (Wildman–Crippen LogP) is 6.18. The van der Waals surface area contributed by atoms with Crippen LogP contribution in [-0.2, 0) is 47.2 Å². The largest absolute Gasteiger partial charge is 2.00 e. The van der Waals surface area contributed by atoms with Gasteiger partial charge in [0.15, 0.2) is 0 Å². The molecule has 0 fully saturated rings. The van der Waals surface area contributed by atoms with E-state index in [-0.39, 0.29) is 27.7 Å². The summed E-state index contributed by atoms with van der Waals surface area (Å²) in [6.45, 7) is 5.31. The molecule has 0 aliphatic carbocycles. The van der Waals surface area contributed by atoms with E-state index >= 15 is 0 Å². The fourth-order valence-corrected chi connectivity index (χ4v) is 4.34. The number of nitrogens with zero attached hydrogens (tertiary/aromatic N) is 4. The monoisotopic (exact) mass is 736 g/mol. The summed E-state index contributed by atoms with van der Waals surface area (Å²) in [6.07, 6.45) is 3.11. The zero-order valence-corrected chi connectivity index (χ0v) is 26.7. The number of hydrogen-bond acceptors (Lipinski definition) is 4. The molecular formula is C32H43N7OPt. The third kappa shape index (κ3) is 10.2. The quantitative estimate of drug-likeness (QED) is 0.0962. The Kier molecular flexibility index (Phi) is 17.2. The normalized spacial score (nSPS) is 10.5. The number of aryl methyl sites for hydroxylation is 2. The Morgan fingerprint density at radius 3 is 2.22 bits per heavy atom. The number of nitrogens with one attached hydrogen (secondary N) is 1. The minimum atomic E-state index is -0.00957. The maximum atomic E-state index is 9.93. The van der Waals surface area contributed by atoms with Crippen molar-refractivity contribution in [2.24, 2.45) is 16.6 Å². The van der Waals surface area contributed by atoms with E-state index in [1.54, 1.807) is 0 Å². The third-order valence-electron chi connectivity index (χ3n) is 6.34. The zero-order valence-electron chi connectivity index (χ0n) is 24.5. The molecule has 0 saturated carbocycles. The first kappa shape index (κ1) is 35.7. The second kappa shape index (κ2) is 19.7. The maximum Gasteiger partial charge on any atom is 2.00 e. The molecule has 0 spiro atoms. The molecule has 1 aromatic heterocycles. The van der Waals surface area contributed by atoms with Gasteiger partial charge < -0.3 is 37.4 Å². The van der Waals surface area contributed by atoms with Crippen molar-refractivity contribution in [1.82, 2.24) is 9.55 Å². The van der Waals surface area contributed by atoms with Gasteiger partial charge in [0.05, 0.1) is 18.0 Å². The molecule has 0 atom stereocenters. The number of unbranched alkanes of at least 4 members (excludes halogenated alkanes) is 1. The van der Waals surface area contributed by atoms with Crippen molar-refractivity contribution in [3.8, 4) is 11.1 Å². The van der Waals surface area contributed by atoms with Gasteiger partial charge in [-0.25, -0.2) is 4.98 Å². The predicted molar refractivity (Wildman–Crippen MR) is 167 cm³/mol. The molecule has 41 heavy (non-hydrogen) atoms. The molecule has 4 rings (SSSR count). The number of amidine groups is 1. The van der Waals surface area contributed by atoms with Crippen LogP contribution in [0, 0.1) is 6.92 Å². The summed E-state index contributed by atoms with van der Waals surface area (Å²) in [5, 5.41) is 14.2. The van der Waals surface area contributed by atoms with Crippen molar-refractivity contribution in [1.29, 1.82) is 0 Å². The summed E-state index contributed by atoms with van der Waals surface area (Å²) in [5.74, 6) is 1.43. The maximum absolute atomic E-state index is 9.93. The molecule has 1 heterocycles. The van der Waals surface area contributed by atoms with Crippen molar-refractivity contribution in [3.63, 3.8) is 0 Å². The van der Waals surface area contributed by atoms with E-state index in [0.29, 0.717) is 18.9 Å². The number of aliphatic hydroxyl groups is 1. The second-order valence-electron chi connectivity index (χ2n) is 8.92. The van der Waals surface area contributed by atoms with E-state index < -0.39 is 0 Å². The molecule has 0 saturated heterocycles. The second-order valence-corrected chi connectivity index (χ2v) is 8.92. The smallest absolute Gasteiger partial charge is 0.680 e. The van der Waals surface area contributed by atoms with Gasteiger partial charge in [0.25, 0.3) is 0 Å². The Balaban J connectivity index is 0.00000161. The van der Waals surface area contributed by atoms with Crippen LogP contribution in [0.25, 0.3) is 22.3 Å². The molecule has 3 aromatic carbocycles. The SMILES string of the molecule is CCCCc1nc(C)c(CO)n1Cc1ccc(-c2ccccc2/C(N)=N\[N-]Cc2ccccc2)cc1.CN.C[NH-].[Pt+2]. The van der Waals surface area contributed by atoms with Gasteiger partial charge >= 0.3 is 21.1 Å². The number of hydrogen-bond donors (Lipinski definition) is 3. The topological polar surface area (TPSA) is 140 Å². The van der Waals surface area contributed by atoms with Gasteiger partial charge in [-0.05, 0) is 37.1 Å². The summed E-state index contributed by atoms with van der Waals surface area (Å²) in [7, 11) is 2.75. The molecule has 4 aromatic rings. The van der Waals surface area contributed by atoms with Crippen LogP contribution >= 0.6 is 0 Å². The number of rotatable bonds is 11. The average Bonchev–Trinajstić information content (AvgIpc) is 3.32. The molecule has 0 aliphatic rings. The van der Waals surface area contributed by atoms with Crippen LogP contribution < -0.4 is 11.5 Å². The summed E-state index contributed by atoms with van der Waals surface area (Å²) in [4.78, 5) is 4.72. The van der Waals surface area contributed by atoms with Crippen LogP contribution in [0.15, 0.2) is 84.0 Å². The number of benzene rings is 3. The van der Waals surface area contributed by atoms with Crippen molar-refractivity contribution >= 4 is 5.84 Å². The number of aromatic nitrogens is 2. The van der Waals surface area contributed by atoms with E-state index in [0.717, 1.165) is 64.3 Å². The summed E-state index contributed by atoms with van der Waals surface area (Å²) in [5.41, 5.74) is 27.9. The van der Waals surface area contributed by atoms with Crippen LogP contribution in [0.1, 0.15) is 53.7 Å². The molecule has 0 aliphatic heterocycles. The van der Waals surface area contributed by atoms with Crippen molar-refractivity contribution in [2.75, 3.05) is 14.1 Å². The first-order valence-electron chi connectivity index (χ1n) is 13.6.